The average Bonchev–Trinajstić information content (AvgIpc) is 3.12. The van der Waals surface area contributed by atoms with Crippen LogP contribution in [0, 0.1) is 5.82 Å². The van der Waals surface area contributed by atoms with Crippen LogP contribution in [0.4, 0.5) is 30.7 Å². The Hall–Kier alpha value is -3.44. The highest BCUT2D eigenvalue weighted by atomic mass is 19.4. The van der Waals surface area contributed by atoms with Crippen LogP contribution in [-0.2, 0) is 18.9 Å². The van der Waals surface area contributed by atoms with Gasteiger partial charge in [0.1, 0.15) is 5.82 Å². The summed E-state index contributed by atoms with van der Waals surface area (Å²) in [7, 11) is 1.17. The summed E-state index contributed by atoms with van der Waals surface area (Å²) in [5, 5.41) is 6.68. The summed E-state index contributed by atoms with van der Waals surface area (Å²) >= 11 is 0. The Morgan fingerprint density at radius 1 is 1.00 bits per heavy atom. The smallest absolute Gasteiger partial charge is 0.336 e. The molecule has 3 aromatic rings. The number of halogens is 7. The van der Waals surface area contributed by atoms with Gasteiger partial charge in [0.05, 0.1) is 11.3 Å². The lowest BCUT2D eigenvalue weighted by atomic mass is 10.1. The highest BCUT2D eigenvalue weighted by Gasteiger charge is 2.42. The number of nitrogens with zero attached hydrogens (tertiary/aromatic N) is 4. The third-order valence-corrected chi connectivity index (χ3v) is 4.24. The Balaban J connectivity index is 1.90. The second-order valence-corrected chi connectivity index (χ2v) is 6.53. The van der Waals surface area contributed by atoms with E-state index in [-0.39, 0.29) is 17.8 Å². The molecule has 0 unspecified atom stereocenters. The van der Waals surface area contributed by atoms with Gasteiger partial charge < -0.3 is 4.90 Å². The molecule has 0 fully saturated rings. The number of amides is 1. The topological polar surface area (TPSA) is 51.0 Å². The molecule has 1 amide bonds. The molecule has 5 nitrogen and oxygen atoms in total. The molecule has 0 atom stereocenters. The van der Waals surface area contributed by atoms with Crippen LogP contribution >= 0.6 is 0 Å². The number of hydrogen-bond donors (Lipinski definition) is 0. The summed E-state index contributed by atoms with van der Waals surface area (Å²) in [5.74, 6) is -1.97. The average molecular weight is 446 g/mol. The molecule has 0 spiro atoms. The SMILES string of the molecule is CN(Cc1ccc(C(F)(F)F)cc1)C(=O)c1nnn(-c2cccc(F)c2)c1C(F)(F)F. The molecule has 2 aromatic carbocycles. The van der Waals surface area contributed by atoms with Crippen LogP contribution in [0.3, 0.4) is 0 Å². The summed E-state index contributed by atoms with van der Waals surface area (Å²) in [6.45, 7) is -0.277. The first kappa shape index (κ1) is 22.2. The van der Waals surface area contributed by atoms with E-state index in [2.05, 4.69) is 10.3 Å². The van der Waals surface area contributed by atoms with E-state index in [0.717, 1.165) is 47.4 Å². The standard InChI is InChI=1S/C19H13F7N4O/c1-29(10-11-5-7-12(8-6-11)18(21,22)23)17(31)15-16(19(24,25)26)30(28-27-15)14-4-2-3-13(20)9-14/h2-9H,10H2,1H3. The van der Waals surface area contributed by atoms with Crippen LogP contribution in [0.15, 0.2) is 48.5 Å². The van der Waals surface area contributed by atoms with Crippen molar-refractivity contribution in [3.63, 3.8) is 0 Å². The Kier molecular flexibility index (Phi) is 5.74. The van der Waals surface area contributed by atoms with Crippen molar-refractivity contribution in [1.82, 2.24) is 19.9 Å². The third-order valence-electron chi connectivity index (χ3n) is 4.24. The summed E-state index contributed by atoms with van der Waals surface area (Å²) < 4.78 is 92.7. The van der Waals surface area contributed by atoms with Crippen molar-refractivity contribution < 1.29 is 35.5 Å². The quantitative estimate of drug-likeness (QED) is 0.546. The maximum atomic E-state index is 13.7. The number of alkyl halides is 6. The summed E-state index contributed by atoms with van der Waals surface area (Å²) in [5.41, 5.74) is -3.45. The predicted molar refractivity (Wildman–Crippen MR) is 93.6 cm³/mol. The molecule has 1 heterocycles. The van der Waals surface area contributed by atoms with E-state index in [9.17, 15) is 35.5 Å². The van der Waals surface area contributed by atoms with Crippen molar-refractivity contribution in [2.45, 2.75) is 18.9 Å². The van der Waals surface area contributed by atoms with Crippen molar-refractivity contribution in [2.24, 2.45) is 0 Å². The summed E-state index contributed by atoms with van der Waals surface area (Å²) in [6, 6.07) is 7.98. The van der Waals surface area contributed by atoms with Gasteiger partial charge in [0, 0.05) is 13.6 Å². The Morgan fingerprint density at radius 3 is 2.19 bits per heavy atom. The highest BCUT2D eigenvalue weighted by molar-refractivity contribution is 5.93. The van der Waals surface area contributed by atoms with Gasteiger partial charge in [0.25, 0.3) is 5.91 Å². The third kappa shape index (κ3) is 4.84. The monoisotopic (exact) mass is 446 g/mol. The normalized spacial score (nSPS) is 12.1. The first-order chi connectivity index (χ1) is 14.4. The van der Waals surface area contributed by atoms with Gasteiger partial charge in [-0.2, -0.15) is 26.3 Å². The molecule has 1 aromatic heterocycles. The zero-order valence-electron chi connectivity index (χ0n) is 15.7. The van der Waals surface area contributed by atoms with Crippen molar-refractivity contribution >= 4 is 5.91 Å². The van der Waals surface area contributed by atoms with Gasteiger partial charge in [-0.25, -0.2) is 9.07 Å². The fourth-order valence-corrected chi connectivity index (χ4v) is 2.79. The lowest BCUT2D eigenvalue weighted by molar-refractivity contribution is -0.143. The number of aromatic nitrogens is 3. The van der Waals surface area contributed by atoms with Crippen molar-refractivity contribution in [2.75, 3.05) is 7.05 Å². The van der Waals surface area contributed by atoms with Crippen molar-refractivity contribution in [3.05, 3.63) is 76.9 Å². The Bertz CT molecular complexity index is 1090. The molecule has 12 heteroatoms. The van der Waals surface area contributed by atoms with Crippen LogP contribution in [0.1, 0.15) is 27.3 Å². The lowest BCUT2D eigenvalue weighted by Gasteiger charge is -2.18. The maximum Gasteiger partial charge on any atom is 0.435 e. The minimum Gasteiger partial charge on any atom is -0.336 e. The first-order valence-corrected chi connectivity index (χ1v) is 8.58. The minimum atomic E-state index is -5.05. The van der Waals surface area contributed by atoms with E-state index < -0.39 is 41.0 Å². The molecular weight excluding hydrogens is 433 g/mol. The van der Waals surface area contributed by atoms with Gasteiger partial charge in [-0.05, 0) is 35.9 Å². The van der Waals surface area contributed by atoms with Crippen molar-refractivity contribution in [1.29, 1.82) is 0 Å². The van der Waals surface area contributed by atoms with Crippen LogP contribution in [0.2, 0.25) is 0 Å². The van der Waals surface area contributed by atoms with Crippen LogP contribution in [-0.4, -0.2) is 32.8 Å². The molecule has 0 aliphatic carbocycles. The van der Waals surface area contributed by atoms with Crippen LogP contribution in [0.25, 0.3) is 5.69 Å². The van der Waals surface area contributed by atoms with E-state index in [1.807, 2.05) is 0 Å². The van der Waals surface area contributed by atoms with Crippen LogP contribution < -0.4 is 0 Å². The maximum absolute atomic E-state index is 13.7. The molecule has 3 rings (SSSR count). The zero-order valence-corrected chi connectivity index (χ0v) is 15.7. The lowest BCUT2D eigenvalue weighted by Crippen LogP contribution is -2.29. The fraction of sp³-hybridized carbons (Fsp3) is 0.211. The highest BCUT2D eigenvalue weighted by Crippen LogP contribution is 2.33. The Morgan fingerprint density at radius 2 is 1.65 bits per heavy atom. The number of benzene rings is 2. The molecule has 0 aliphatic heterocycles. The van der Waals surface area contributed by atoms with E-state index in [4.69, 9.17) is 0 Å². The van der Waals surface area contributed by atoms with Crippen molar-refractivity contribution in [3.8, 4) is 5.69 Å². The molecule has 0 bridgehead atoms. The molecule has 0 saturated carbocycles. The number of rotatable bonds is 4. The predicted octanol–water partition coefficient (Wildman–Crippen LogP) is 4.72. The molecule has 0 aliphatic rings. The van der Waals surface area contributed by atoms with Gasteiger partial charge in [-0.15, -0.1) is 5.10 Å². The second kappa shape index (κ2) is 8.00. The molecular formula is C19H13F7N4O. The molecule has 0 N–H and O–H groups in total. The second-order valence-electron chi connectivity index (χ2n) is 6.53. The summed E-state index contributed by atoms with van der Waals surface area (Å²) in [4.78, 5) is 13.5. The van der Waals surface area contributed by atoms with Gasteiger partial charge in [-0.3, -0.25) is 4.79 Å². The molecule has 0 saturated heterocycles. The van der Waals surface area contributed by atoms with Gasteiger partial charge in [0.2, 0.25) is 0 Å². The fourth-order valence-electron chi connectivity index (χ4n) is 2.79. The van der Waals surface area contributed by atoms with Gasteiger partial charge in [-0.1, -0.05) is 23.4 Å². The largest absolute Gasteiger partial charge is 0.435 e. The number of carbonyl (C=O) groups is 1. The molecule has 0 radical (unpaired) electrons. The Labute approximate surface area is 170 Å². The summed E-state index contributed by atoms with van der Waals surface area (Å²) in [6.07, 6.45) is -9.59. The minimum absolute atomic E-state index is 0.259. The van der Waals surface area contributed by atoms with E-state index in [0.29, 0.717) is 4.68 Å². The zero-order chi connectivity index (χ0) is 23.0. The van der Waals surface area contributed by atoms with Gasteiger partial charge >= 0.3 is 12.4 Å². The number of carbonyl (C=O) groups excluding carboxylic acids is 1. The van der Waals surface area contributed by atoms with E-state index >= 15 is 0 Å². The van der Waals surface area contributed by atoms with E-state index in [1.54, 1.807) is 0 Å². The number of hydrogen-bond acceptors (Lipinski definition) is 3. The van der Waals surface area contributed by atoms with Crippen LogP contribution in [0.5, 0.6) is 0 Å². The molecule has 31 heavy (non-hydrogen) atoms. The van der Waals surface area contributed by atoms with E-state index in [1.165, 1.54) is 13.1 Å². The van der Waals surface area contributed by atoms with Gasteiger partial charge in [0.15, 0.2) is 11.4 Å². The first-order valence-electron chi connectivity index (χ1n) is 8.58. The molecule has 164 valence electrons.